The van der Waals surface area contributed by atoms with Crippen LogP contribution in [0.25, 0.3) is 0 Å². The molecule has 1 amide bonds. The van der Waals surface area contributed by atoms with Crippen molar-refractivity contribution in [3.63, 3.8) is 0 Å². The summed E-state index contributed by atoms with van der Waals surface area (Å²) >= 11 is 0. The van der Waals surface area contributed by atoms with E-state index in [2.05, 4.69) is 12.2 Å². The molecule has 4 heteroatoms. The van der Waals surface area contributed by atoms with E-state index in [9.17, 15) is 9.18 Å². The van der Waals surface area contributed by atoms with E-state index in [-0.39, 0.29) is 23.3 Å². The predicted molar refractivity (Wildman–Crippen MR) is 84.4 cm³/mol. The lowest BCUT2D eigenvalue weighted by atomic mass is 9.79. The van der Waals surface area contributed by atoms with Gasteiger partial charge in [0.2, 0.25) is 5.91 Å². The van der Waals surface area contributed by atoms with Crippen molar-refractivity contribution in [3.8, 4) is 0 Å². The van der Waals surface area contributed by atoms with E-state index in [1.54, 1.807) is 0 Å². The molecule has 0 radical (unpaired) electrons. The summed E-state index contributed by atoms with van der Waals surface area (Å²) < 4.78 is 13.0. The molecule has 0 saturated heterocycles. The summed E-state index contributed by atoms with van der Waals surface area (Å²) in [6, 6.07) is 4.07. The van der Waals surface area contributed by atoms with Crippen LogP contribution < -0.4 is 11.1 Å². The van der Waals surface area contributed by atoms with Gasteiger partial charge in [0, 0.05) is 5.92 Å². The molecule has 1 aliphatic carbocycles. The number of nitrogen functional groups attached to an aromatic ring is 1. The van der Waals surface area contributed by atoms with Crippen LogP contribution in [0.3, 0.4) is 0 Å². The molecule has 3 nitrogen and oxygen atoms in total. The summed E-state index contributed by atoms with van der Waals surface area (Å²) in [5, 5.41) is 2.83. The number of amides is 1. The van der Waals surface area contributed by atoms with Gasteiger partial charge in [-0.25, -0.2) is 4.39 Å². The van der Waals surface area contributed by atoms with Crippen molar-refractivity contribution in [3.05, 3.63) is 24.0 Å². The Morgan fingerprint density at radius 1 is 1.33 bits per heavy atom. The van der Waals surface area contributed by atoms with Gasteiger partial charge in [0.05, 0.1) is 11.4 Å². The molecule has 0 aromatic heterocycles. The minimum atomic E-state index is -0.387. The molecule has 0 bridgehead atoms. The van der Waals surface area contributed by atoms with Gasteiger partial charge in [-0.2, -0.15) is 0 Å². The van der Waals surface area contributed by atoms with Crippen molar-refractivity contribution in [1.82, 2.24) is 0 Å². The first-order valence-corrected chi connectivity index (χ1v) is 7.96. The fourth-order valence-corrected chi connectivity index (χ4v) is 3.09. The van der Waals surface area contributed by atoms with Gasteiger partial charge in [0.25, 0.3) is 0 Å². The van der Waals surface area contributed by atoms with Gasteiger partial charge in [0.1, 0.15) is 5.82 Å². The van der Waals surface area contributed by atoms with E-state index in [0.29, 0.717) is 5.69 Å². The van der Waals surface area contributed by atoms with E-state index in [0.717, 1.165) is 31.6 Å². The van der Waals surface area contributed by atoms with Crippen molar-refractivity contribution < 1.29 is 9.18 Å². The highest BCUT2D eigenvalue weighted by Crippen LogP contribution is 2.33. The fraction of sp³-hybridized carbons (Fsp3) is 0.588. The summed E-state index contributed by atoms with van der Waals surface area (Å²) in [6.07, 6.45) is 7.98. The quantitative estimate of drug-likeness (QED) is 0.793. The standard InChI is InChI=1S/C17H25FN2O/c1-2-3-4-12-5-7-13(8-6-12)17(21)20-16-10-9-14(18)11-15(16)19/h9-13H,2-8,19H2,1H3,(H,20,21). The van der Waals surface area contributed by atoms with Crippen molar-refractivity contribution in [2.75, 3.05) is 11.1 Å². The highest BCUT2D eigenvalue weighted by Gasteiger charge is 2.26. The van der Waals surface area contributed by atoms with Gasteiger partial charge in [-0.05, 0) is 49.8 Å². The van der Waals surface area contributed by atoms with E-state index >= 15 is 0 Å². The van der Waals surface area contributed by atoms with Gasteiger partial charge in [0.15, 0.2) is 0 Å². The third-order valence-corrected chi connectivity index (χ3v) is 4.45. The largest absolute Gasteiger partial charge is 0.397 e. The Morgan fingerprint density at radius 3 is 2.67 bits per heavy atom. The molecular formula is C17H25FN2O. The molecule has 3 N–H and O–H groups in total. The Labute approximate surface area is 126 Å². The second kappa shape index (κ2) is 7.43. The molecule has 0 spiro atoms. The zero-order valence-corrected chi connectivity index (χ0v) is 12.7. The number of nitrogens with one attached hydrogen (secondary N) is 1. The zero-order valence-electron chi connectivity index (χ0n) is 12.7. The Morgan fingerprint density at radius 2 is 2.05 bits per heavy atom. The van der Waals surface area contributed by atoms with Crippen LogP contribution in [-0.4, -0.2) is 5.91 Å². The van der Waals surface area contributed by atoms with Crippen LogP contribution in [0.4, 0.5) is 15.8 Å². The molecule has 21 heavy (non-hydrogen) atoms. The number of rotatable bonds is 5. The highest BCUT2D eigenvalue weighted by atomic mass is 19.1. The number of anilines is 2. The van der Waals surface area contributed by atoms with Gasteiger partial charge >= 0.3 is 0 Å². The minimum absolute atomic E-state index is 0.0160. The number of halogens is 1. The second-order valence-electron chi connectivity index (χ2n) is 6.08. The number of hydrogen-bond donors (Lipinski definition) is 2. The number of nitrogens with two attached hydrogens (primary N) is 1. The Balaban J connectivity index is 1.84. The first-order valence-electron chi connectivity index (χ1n) is 7.96. The molecular weight excluding hydrogens is 267 g/mol. The van der Waals surface area contributed by atoms with Crippen LogP contribution in [0.5, 0.6) is 0 Å². The normalized spacial score (nSPS) is 22.0. The summed E-state index contributed by atoms with van der Waals surface area (Å²) in [7, 11) is 0. The maximum Gasteiger partial charge on any atom is 0.227 e. The molecule has 2 rings (SSSR count). The van der Waals surface area contributed by atoms with Crippen molar-refractivity contribution >= 4 is 17.3 Å². The predicted octanol–water partition coefficient (Wildman–Crippen LogP) is 4.34. The molecule has 1 saturated carbocycles. The van der Waals surface area contributed by atoms with E-state index in [1.807, 2.05) is 0 Å². The lowest BCUT2D eigenvalue weighted by Gasteiger charge is -2.27. The molecule has 0 atom stereocenters. The lowest BCUT2D eigenvalue weighted by molar-refractivity contribution is -0.121. The third kappa shape index (κ3) is 4.45. The van der Waals surface area contributed by atoms with Crippen molar-refractivity contribution in [2.24, 2.45) is 11.8 Å². The SMILES string of the molecule is CCCCC1CCC(C(=O)Nc2ccc(F)cc2N)CC1. The van der Waals surface area contributed by atoms with Gasteiger partial charge in [-0.15, -0.1) is 0 Å². The first kappa shape index (κ1) is 15.8. The highest BCUT2D eigenvalue weighted by molar-refractivity contribution is 5.95. The average Bonchev–Trinajstić information content (AvgIpc) is 2.48. The van der Waals surface area contributed by atoms with Crippen LogP contribution in [0.2, 0.25) is 0 Å². The molecule has 1 aliphatic rings. The van der Waals surface area contributed by atoms with E-state index in [1.165, 1.54) is 37.5 Å². The Kier molecular flexibility index (Phi) is 5.59. The van der Waals surface area contributed by atoms with Gasteiger partial charge in [-0.1, -0.05) is 26.2 Å². The van der Waals surface area contributed by atoms with Crippen LogP contribution >= 0.6 is 0 Å². The smallest absolute Gasteiger partial charge is 0.227 e. The lowest BCUT2D eigenvalue weighted by Crippen LogP contribution is -2.27. The fourth-order valence-electron chi connectivity index (χ4n) is 3.09. The number of hydrogen-bond acceptors (Lipinski definition) is 2. The minimum Gasteiger partial charge on any atom is -0.397 e. The number of unbranched alkanes of at least 4 members (excludes halogenated alkanes) is 1. The Hall–Kier alpha value is -1.58. The van der Waals surface area contributed by atoms with Crippen molar-refractivity contribution in [2.45, 2.75) is 51.9 Å². The topological polar surface area (TPSA) is 55.1 Å². The van der Waals surface area contributed by atoms with E-state index in [4.69, 9.17) is 5.73 Å². The van der Waals surface area contributed by atoms with E-state index < -0.39 is 0 Å². The summed E-state index contributed by atoms with van der Waals surface area (Å²) in [5.41, 5.74) is 6.51. The third-order valence-electron chi connectivity index (χ3n) is 4.45. The number of carbonyl (C=O) groups excluding carboxylic acids is 1. The zero-order chi connectivity index (χ0) is 15.2. The maximum absolute atomic E-state index is 13.0. The Bertz CT molecular complexity index is 482. The van der Waals surface area contributed by atoms with Crippen LogP contribution in [0.15, 0.2) is 18.2 Å². The monoisotopic (exact) mass is 292 g/mol. The summed E-state index contributed by atoms with van der Waals surface area (Å²) in [4.78, 5) is 12.3. The van der Waals surface area contributed by atoms with Gasteiger partial charge < -0.3 is 11.1 Å². The second-order valence-corrected chi connectivity index (χ2v) is 6.08. The average molecular weight is 292 g/mol. The molecule has 0 aliphatic heterocycles. The van der Waals surface area contributed by atoms with Crippen LogP contribution in [0, 0.1) is 17.7 Å². The van der Waals surface area contributed by atoms with Crippen LogP contribution in [-0.2, 0) is 4.79 Å². The number of benzene rings is 1. The molecule has 0 heterocycles. The molecule has 1 aromatic rings. The van der Waals surface area contributed by atoms with Crippen molar-refractivity contribution in [1.29, 1.82) is 0 Å². The first-order chi connectivity index (χ1) is 10.1. The molecule has 1 fully saturated rings. The molecule has 1 aromatic carbocycles. The summed E-state index contributed by atoms with van der Waals surface area (Å²) in [5.74, 6) is 0.474. The summed E-state index contributed by atoms with van der Waals surface area (Å²) in [6.45, 7) is 2.21. The van der Waals surface area contributed by atoms with Crippen LogP contribution in [0.1, 0.15) is 51.9 Å². The molecule has 0 unspecified atom stereocenters. The molecule has 116 valence electrons. The number of carbonyl (C=O) groups is 1. The maximum atomic E-state index is 13.0. The van der Waals surface area contributed by atoms with Gasteiger partial charge in [-0.3, -0.25) is 4.79 Å².